The van der Waals surface area contributed by atoms with Gasteiger partial charge in [0.2, 0.25) is 5.91 Å². The quantitative estimate of drug-likeness (QED) is 0.713. The van der Waals surface area contributed by atoms with Crippen molar-refractivity contribution in [3.63, 3.8) is 0 Å². The number of carbonyl (C=O) groups is 2. The minimum Gasteiger partial charge on any atom is -0.483 e. The molecule has 8 heteroatoms. The van der Waals surface area contributed by atoms with Gasteiger partial charge in [0, 0.05) is 6.20 Å². The SMILES string of the molecule is C[C@@H](O)[C@H](N)C(=O)NC(=O)Oc1ncccc1OCc1ccccc1. The Morgan fingerprint density at radius 1 is 1.24 bits per heavy atom. The van der Waals surface area contributed by atoms with Gasteiger partial charge in [-0.05, 0) is 24.6 Å². The monoisotopic (exact) mass is 345 g/mol. The average Bonchev–Trinajstić information content (AvgIpc) is 2.61. The molecular weight excluding hydrogens is 326 g/mol. The van der Waals surface area contributed by atoms with Crippen LogP contribution in [0, 0.1) is 0 Å². The fraction of sp³-hybridized carbons (Fsp3) is 0.235. The van der Waals surface area contributed by atoms with Gasteiger partial charge in [0.05, 0.1) is 6.10 Å². The minimum atomic E-state index is -1.25. The molecule has 0 spiro atoms. The molecule has 0 fully saturated rings. The van der Waals surface area contributed by atoms with Crippen LogP contribution in [0.25, 0.3) is 0 Å². The van der Waals surface area contributed by atoms with Crippen molar-refractivity contribution in [2.75, 3.05) is 0 Å². The summed E-state index contributed by atoms with van der Waals surface area (Å²) in [5.41, 5.74) is 6.36. The molecule has 0 bridgehead atoms. The smallest absolute Gasteiger partial charge is 0.420 e. The van der Waals surface area contributed by atoms with Crippen LogP contribution >= 0.6 is 0 Å². The van der Waals surface area contributed by atoms with Gasteiger partial charge in [0.1, 0.15) is 12.6 Å². The van der Waals surface area contributed by atoms with Gasteiger partial charge in [-0.15, -0.1) is 0 Å². The molecule has 0 aliphatic rings. The number of benzene rings is 1. The zero-order valence-corrected chi connectivity index (χ0v) is 13.6. The number of aliphatic hydroxyl groups is 1. The number of hydrogen-bond acceptors (Lipinski definition) is 7. The van der Waals surface area contributed by atoms with Gasteiger partial charge in [-0.2, -0.15) is 0 Å². The summed E-state index contributed by atoms with van der Waals surface area (Å²) in [4.78, 5) is 27.3. The van der Waals surface area contributed by atoms with Crippen molar-refractivity contribution in [3.8, 4) is 11.6 Å². The largest absolute Gasteiger partial charge is 0.483 e. The van der Waals surface area contributed by atoms with E-state index in [0.29, 0.717) is 0 Å². The summed E-state index contributed by atoms with van der Waals surface area (Å²) in [7, 11) is 0. The number of ether oxygens (including phenoxy) is 2. The molecule has 2 rings (SSSR count). The summed E-state index contributed by atoms with van der Waals surface area (Å²) in [6.45, 7) is 1.60. The van der Waals surface area contributed by atoms with Gasteiger partial charge in [-0.25, -0.2) is 9.78 Å². The highest BCUT2D eigenvalue weighted by Crippen LogP contribution is 2.24. The van der Waals surface area contributed by atoms with E-state index in [1.165, 1.54) is 13.1 Å². The number of nitrogens with two attached hydrogens (primary N) is 1. The lowest BCUT2D eigenvalue weighted by Crippen LogP contribution is -2.49. The standard InChI is InChI=1S/C17H19N3O5/c1-11(21)14(18)15(22)20-17(23)25-16-13(8-5-9-19-16)24-10-12-6-3-2-4-7-12/h2-9,11,14,21H,10,18H2,1H3,(H,20,22,23)/t11-,14+/m1/s1. The Labute approximate surface area is 144 Å². The average molecular weight is 345 g/mol. The van der Waals surface area contributed by atoms with Crippen LogP contribution in [0.1, 0.15) is 12.5 Å². The second-order valence-electron chi connectivity index (χ2n) is 5.23. The van der Waals surface area contributed by atoms with E-state index in [-0.39, 0.29) is 18.2 Å². The number of hydrogen-bond donors (Lipinski definition) is 3. The first-order valence-electron chi connectivity index (χ1n) is 7.55. The molecule has 1 aromatic carbocycles. The zero-order chi connectivity index (χ0) is 18.2. The molecule has 132 valence electrons. The van der Waals surface area contributed by atoms with Crippen molar-refractivity contribution in [3.05, 3.63) is 54.2 Å². The summed E-state index contributed by atoms with van der Waals surface area (Å²) in [6.07, 6.45) is -0.752. The third-order valence-electron chi connectivity index (χ3n) is 3.21. The maximum atomic E-state index is 11.8. The summed E-state index contributed by atoms with van der Waals surface area (Å²) in [5.74, 6) is -0.703. The highest BCUT2D eigenvalue weighted by Gasteiger charge is 2.22. The number of aromatic nitrogens is 1. The van der Waals surface area contributed by atoms with Crippen LogP contribution in [0.15, 0.2) is 48.7 Å². The van der Waals surface area contributed by atoms with E-state index in [9.17, 15) is 14.7 Å². The molecule has 0 saturated heterocycles. The second kappa shape index (κ2) is 8.76. The van der Waals surface area contributed by atoms with Crippen molar-refractivity contribution in [1.82, 2.24) is 10.3 Å². The van der Waals surface area contributed by atoms with Crippen LogP contribution in [0.5, 0.6) is 11.6 Å². The number of pyridine rings is 1. The van der Waals surface area contributed by atoms with Gasteiger partial charge >= 0.3 is 6.09 Å². The van der Waals surface area contributed by atoms with Crippen molar-refractivity contribution in [1.29, 1.82) is 0 Å². The van der Waals surface area contributed by atoms with Crippen molar-refractivity contribution >= 4 is 12.0 Å². The van der Waals surface area contributed by atoms with E-state index < -0.39 is 24.1 Å². The molecule has 0 aliphatic heterocycles. The predicted octanol–water partition coefficient (Wildman–Crippen LogP) is 0.984. The molecule has 2 atom stereocenters. The van der Waals surface area contributed by atoms with Crippen LogP contribution in [0.3, 0.4) is 0 Å². The lowest BCUT2D eigenvalue weighted by Gasteiger charge is -2.14. The second-order valence-corrected chi connectivity index (χ2v) is 5.23. The molecule has 0 radical (unpaired) electrons. The fourth-order valence-corrected chi connectivity index (χ4v) is 1.81. The van der Waals surface area contributed by atoms with Gasteiger partial charge in [0.25, 0.3) is 5.88 Å². The van der Waals surface area contributed by atoms with Crippen LogP contribution in [0.2, 0.25) is 0 Å². The molecule has 2 amide bonds. The molecule has 2 aromatic rings. The van der Waals surface area contributed by atoms with E-state index in [1.54, 1.807) is 12.1 Å². The lowest BCUT2D eigenvalue weighted by atomic mass is 10.2. The number of amides is 2. The first kappa shape index (κ1) is 18.4. The van der Waals surface area contributed by atoms with Crippen molar-refractivity contribution < 1.29 is 24.2 Å². The highest BCUT2D eigenvalue weighted by atomic mass is 16.6. The molecule has 1 aromatic heterocycles. The fourth-order valence-electron chi connectivity index (χ4n) is 1.81. The Hall–Kier alpha value is -2.97. The van der Waals surface area contributed by atoms with Crippen LogP contribution in [-0.2, 0) is 11.4 Å². The molecule has 0 aliphatic carbocycles. The number of carbonyl (C=O) groups excluding carboxylic acids is 2. The molecule has 4 N–H and O–H groups in total. The van der Waals surface area contributed by atoms with E-state index in [2.05, 4.69) is 4.98 Å². The normalized spacial score (nSPS) is 12.8. The Bertz CT molecular complexity index is 721. The summed E-state index contributed by atoms with van der Waals surface area (Å²) < 4.78 is 10.6. The summed E-state index contributed by atoms with van der Waals surface area (Å²) >= 11 is 0. The molecule has 8 nitrogen and oxygen atoms in total. The Morgan fingerprint density at radius 3 is 2.64 bits per heavy atom. The first-order chi connectivity index (χ1) is 12.0. The number of nitrogens with zero attached hydrogens (tertiary/aromatic N) is 1. The van der Waals surface area contributed by atoms with E-state index >= 15 is 0 Å². The number of aliphatic hydroxyl groups excluding tert-OH is 1. The van der Waals surface area contributed by atoms with Gasteiger partial charge in [0.15, 0.2) is 5.75 Å². The Kier molecular flexibility index (Phi) is 6.44. The third kappa shape index (κ3) is 5.55. The van der Waals surface area contributed by atoms with Gasteiger partial charge in [-0.1, -0.05) is 30.3 Å². The van der Waals surface area contributed by atoms with Gasteiger partial charge < -0.3 is 20.3 Å². The maximum Gasteiger partial charge on any atom is 0.420 e. The maximum absolute atomic E-state index is 11.8. The molecule has 1 heterocycles. The summed E-state index contributed by atoms with van der Waals surface area (Å²) in [5, 5.41) is 11.2. The van der Waals surface area contributed by atoms with Crippen LogP contribution < -0.4 is 20.5 Å². The molecular formula is C17H19N3O5. The van der Waals surface area contributed by atoms with E-state index in [1.807, 2.05) is 35.6 Å². The zero-order valence-electron chi connectivity index (χ0n) is 13.6. The molecule has 0 saturated carbocycles. The molecule has 0 unspecified atom stereocenters. The van der Waals surface area contributed by atoms with Crippen LogP contribution in [0.4, 0.5) is 4.79 Å². The number of rotatable bonds is 6. The minimum absolute atomic E-state index is 0.0886. The van der Waals surface area contributed by atoms with E-state index in [0.717, 1.165) is 5.56 Å². The van der Waals surface area contributed by atoms with Gasteiger partial charge in [-0.3, -0.25) is 10.1 Å². The topological polar surface area (TPSA) is 124 Å². The predicted molar refractivity (Wildman–Crippen MR) is 88.8 cm³/mol. The lowest BCUT2D eigenvalue weighted by molar-refractivity contribution is -0.123. The van der Waals surface area contributed by atoms with Crippen molar-refractivity contribution in [2.24, 2.45) is 5.73 Å². The Morgan fingerprint density at radius 2 is 1.96 bits per heavy atom. The number of nitrogens with one attached hydrogen (secondary N) is 1. The first-order valence-corrected chi connectivity index (χ1v) is 7.55. The molecule has 25 heavy (non-hydrogen) atoms. The Balaban J connectivity index is 1.98. The van der Waals surface area contributed by atoms with Crippen molar-refractivity contribution in [2.45, 2.75) is 25.7 Å². The van der Waals surface area contributed by atoms with E-state index in [4.69, 9.17) is 15.2 Å². The third-order valence-corrected chi connectivity index (χ3v) is 3.21. The number of imide groups is 1. The van der Waals surface area contributed by atoms with Crippen LogP contribution in [-0.4, -0.2) is 34.2 Å². The summed E-state index contributed by atoms with van der Waals surface area (Å²) in [6, 6.07) is 11.4. The highest BCUT2D eigenvalue weighted by molar-refractivity contribution is 5.95.